The molecule has 0 bridgehead atoms. The molecular formula is C16H26BrN. The summed E-state index contributed by atoms with van der Waals surface area (Å²) >= 11 is 3.62. The van der Waals surface area contributed by atoms with Crippen molar-refractivity contribution in [2.45, 2.75) is 53.5 Å². The van der Waals surface area contributed by atoms with Crippen LogP contribution in [0.15, 0.2) is 16.6 Å². The Morgan fingerprint density at radius 1 is 1.17 bits per heavy atom. The van der Waals surface area contributed by atoms with Crippen LogP contribution in [0.2, 0.25) is 0 Å². The average molecular weight is 312 g/mol. The molecule has 102 valence electrons. The summed E-state index contributed by atoms with van der Waals surface area (Å²) in [4.78, 5) is 0. The van der Waals surface area contributed by atoms with Gasteiger partial charge in [0.1, 0.15) is 0 Å². The lowest BCUT2D eigenvalue weighted by atomic mass is 9.88. The van der Waals surface area contributed by atoms with Gasteiger partial charge >= 0.3 is 0 Å². The molecule has 0 radical (unpaired) electrons. The van der Waals surface area contributed by atoms with E-state index >= 15 is 0 Å². The van der Waals surface area contributed by atoms with Crippen molar-refractivity contribution < 1.29 is 0 Å². The molecule has 0 saturated carbocycles. The minimum absolute atomic E-state index is 0.474. The van der Waals surface area contributed by atoms with Gasteiger partial charge in [-0.1, -0.05) is 49.2 Å². The zero-order valence-electron chi connectivity index (χ0n) is 12.3. The van der Waals surface area contributed by atoms with E-state index in [4.69, 9.17) is 0 Å². The van der Waals surface area contributed by atoms with Gasteiger partial charge in [0.05, 0.1) is 0 Å². The molecule has 0 fully saturated rings. The number of hydrogen-bond donors (Lipinski definition) is 1. The molecular weight excluding hydrogens is 286 g/mol. The largest absolute Gasteiger partial charge is 0.310 e. The molecule has 0 aliphatic heterocycles. The summed E-state index contributed by atoms with van der Waals surface area (Å²) in [5.41, 5.74) is 4.15. The quantitative estimate of drug-likeness (QED) is 0.765. The topological polar surface area (TPSA) is 12.0 Å². The van der Waals surface area contributed by atoms with E-state index in [-0.39, 0.29) is 0 Å². The molecule has 1 N–H and O–H groups in total. The highest BCUT2D eigenvalue weighted by Gasteiger charge is 2.20. The van der Waals surface area contributed by atoms with E-state index < -0.39 is 0 Å². The van der Waals surface area contributed by atoms with Crippen molar-refractivity contribution in [3.8, 4) is 0 Å². The molecule has 2 unspecified atom stereocenters. The maximum Gasteiger partial charge on any atom is 0.0348 e. The van der Waals surface area contributed by atoms with Gasteiger partial charge in [0.2, 0.25) is 0 Å². The highest BCUT2D eigenvalue weighted by molar-refractivity contribution is 9.10. The molecule has 2 atom stereocenters. The number of nitrogens with one attached hydrogen (secondary N) is 1. The third kappa shape index (κ3) is 3.83. The van der Waals surface area contributed by atoms with Crippen molar-refractivity contribution in [3.63, 3.8) is 0 Å². The van der Waals surface area contributed by atoms with Crippen molar-refractivity contribution in [2.75, 3.05) is 6.54 Å². The molecule has 0 heterocycles. The fourth-order valence-electron chi connectivity index (χ4n) is 2.60. The molecule has 1 rings (SSSR count). The second-order valence-corrected chi connectivity index (χ2v) is 6.11. The molecule has 0 aliphatic carbocycles. The average Bonchev–Trinajstić information content (AvgIpc) is 2.31. The number of rotatable bonds is 6. The van der Waals surface area contributed by atoms with Gasteiger partial charge in [-0.05, 0) is 55.5 Å². The normalized spacial score (nSPS) is 14.6. The van der Waals surface area contributed by atoms with Crippen molar-refractivity contribution in [3.05, 3.63) is 33.3 Å². The van der Waals surface area contributed by atoms with Crippen LogP contribution in [0.5, 0.6) is 0 Å². The lowest BCUT2D eigenvalue weighted by molar-refractivity contribution is 0.368. The predicted molar refractivity (Wildman–Crippen MR) is 84.1 cm³/mol. The van der Waals surface area contributed by atoms with Gasteiger partial charge in [-0.15, -0.1) is 0 Å². The van der Waals surface area contributed by atoms with Crippen LogP contribution < -0.4 is 5.32 Å². The van der Waals surface area contributed by atoms with E-state index in [0.29, 0.717) is 12.0 Å². The van der Waals surface area contributed by atoms with Crippen LogP contribution in [0.1, 0.15) is 56.3 Å². The van der Waals surface area contributed by atoms with Gasteiger partial charge in [-0.25, -0.2) is 0 Å². The number of hydrogen-bond acceptors (Lipinski definition) is 1. The first kappa shape index (κ1) is 15.7. The van der Waals surface area contributed by atoms with Crippen LogP contribution in [0, 0.1) is 19.8 Å². The molecule has 1 nitrogen and oxygen atoms in total. The number of benzene rings is 1. The van der Waals surface area contributed by atoms with Crippen LogP contribution >= 0.6 is 15.9 Å². The standard InChI is InChI=1S/C16H26BrN/c1-6-8-11(3)16(18-7-2)14-9-13(5)15(17)10-12(14)4/h9-11,16,18H,6-8H2,1-5H3. The lowest BCUT2D eigenvalue weighted by Gasteiger charge is -2.27. The van der Waals surface area contributed by atoms with Gasteiger partial charge in [-0.3, -0.25) is 0 Å². The van der Waals surface area contributed by atoms with Crippen LogP contribution in [0.3, 0.4) is 0 Å². The lowest BCUT2D eigenvalue weighted by Crippen LogP contribution is -2.27. The van der Waals surface area contributed by atoms with Crippen LogP contribution in [-0.2, 0) is 0 Å². The molecule has 0 spiro atoms. The molecule has 2 heteroatoms. The van der Waals surface area contributed by atoms with Crippen molar-refractivity contribution >= 4 is 15.9 Å². The van der Waals surface area contributed by atoms with Crippen LogP contribution in [0.25, 0.3) is 0 Å². The highest BCUT2D eigenvalue weighted by Crippen LogP contribution is 2.31. The first-order valence-corrected chi connectivity index (χ1v) is 7.80. The first-order chi connectivity index (χ1) is 8.51. The van der Waals surface area contributed by atoms with E-state index in [1.807, 2.05) is 0 Å². The van der Waals surface area contributed by atoms with Gasteiger partial charge in [0.15, 0.2) is 0 Å². The Morgan fingerprint density at radius 2 is 1.83 bits per heavy atom. The Morgan fingerprint density at radius 3 is 2.39 bits per heavy atom. The Balaban J connectivity index is 3.08. The van der Waals surface area contributed by atoms with Crippen LogP contribution in [0.4, 0.5) is 0 Å². The second-order valence-electron chi connectivity index (χ2n) is 5.26. The fourth-order valence-corrected chi connectivity index (χ4v) is 3.06. The molecule has 0 aliphatic rings. The van der Waals surface area contributed by atoms with Gasteiger partial charge in [0.25, 0.3) is 0 Å². The van der Waals surface area contributed by atoms with E-state index in [2.05, 4.69) is 68.0 Å². The minimum Gasteiger partial charge on any atom is -0.310 e. The van der Waals surface area contributed by atoms with Gasteiger partial charge in [0, 0.05) is 10.5 Å². The second kappa shape index (κ2) is 7.30. The van der Waals surface area contributed by atoms with E-state index in [1.54, 1.807) is 0 Å². The van der Waals surface area contributed by atoms with Crippen molar-refractivity contribution in [1.29, 1.82) is 0 Å². The van der Waals surface area contributed by atoms with Gasteiger partial charge in [-0.2, -0.15) is 0 Å². The molecule has 0 saturated heterocycles. The Kier molecular flexibility index (Phi) is 6.37. The van der Waals surface area contributed by atoms with E-state index in [1.165, 1.54) is 34.0 Å². The SMILES string of the molecule is CCCC(C)C(NCC)c1cc(C)c(Br)cc1C. The fraction of sp³-hybridized carbons (Fsp3) is 0.625. The molecule has 1 aromatic carbocycles. The van der Waals surface area contributed by atoms with E-state index in [0.717, 1.165) is 6.54 Å². The van der Waals surface area contributed by atoms with E-state index in [9.17, 15) is 0 Å². The molecule has 18 heavy (non-hydrogen) atoms. The third-order valence-electron chi connectivity index (χ3n) is 3.62. The Labute approximate surface area is 120 Å². The summed E-state index contributed by atoms with van der Waals surface area (Å²) in [6.45, 7) is 12.2. The Bertz CT molecular complexity index is 387. The summed E-state index contributed by atoms with van der Waals surface area (Å²) in [6.07, 6.45) is 2.52. The number of halogens is 1. The maximum atomic E-state index is 3.66. The predicted octanol–water partition coefficient (Wildman–Crippen LogP) is 5.15. The van der Waals surface area contributed by atoms with Gasteiger partial charge < -0.3 is 5.32 Å². The van der Waals surface area contributed by atoms with Crippen molar-refractivity contribution in [2.24, 2.45) is 5.92 Å². The summed E-state index contributed by atoms with van der Waals surface area (Å²) in [5, 5.41) is 3.66. The Hall–Kier alpha value is -0.340. The zero-order chi connectivity index (χ0) is 13.7. The van der Waals surface area contributed by atoms with Crippen molar-refractivity contribution in [1.82, 2.24) is 5.32 Å². The first-order valence-electron chi connectivity index (χ1n) is 7.01. The summed E-state index contributed by atoms with van der Waals surface area (Å²) in [5.74, 6) is 0.675. The highest BCUT2D eigenvalue weighted by atomic mass is 79.9. The molecule has 1 aromatic rings. The maximum absolute atomic E-state index is 3.66. The molecule has 0 amide bonds. The smallest absolute Gasteiger partial charge is 0.0348 e. The summed E-state index contributed by atoms with van der Waals surface area (Å²) in [6, 6.07) is 5.05. The molecule has 0 aromatic heterocycles. The summed E-state index contributed by atoms with van der Waals surface area (Å²) in [7, 11) is 0. The number of aryl methyl sites for hydroxylation is 2. The summed E-state index contributed by atoms with van der Waals surface area (Å²) < 4.78 is 1.21. The van der Waals surface area contributed by atoms with Crippen LogP contribution in [-0.4, -0.2) is 6.54 Å². The third-order valence-corrected chi connectivity index (χ3v) is 4.47. The monoisotopic (exact) mass is 311 g/mol. The minimum atomic E-state index is 0.474. The zero-order valence-corrected chi connectivity index (χ0v) is 13.9.